The van der Waals surface area contributed by atoms with E-state index in [0.717, 1.165) is 0 Å². The predicted molar refractivity (Wildman–Crippen MR) is 78.4 cm³/mol. The number of carbonyl (C=O) groups is 2. The van der Waals surface area contributed by atoms with Crippen molar-refractivity contribution in [2.24, 2.45) is 5.73 Å². The van der Waals surface area contributed by atoms with E-state index >= 15 is 0 Å². The minimum Gasteiger partial charge on any atom is -0.484 e. The molecule has 2 amide bonds. The number of ether oxygens (including phenoxy) is 2. The van der Waals surface area contributed by atoms with Gasteiger partial charge in [-0.15, -0.1) is 0 Å². The van der Waals surface area contributed by atoms with Gasteiger partial charge < -0.3 is 20.5 Å². The van der Waals surface area contributed by atoms with Crippen LogP contribution in [0.4, 0.5) is 0 Å². The lowest BCUT2D eigenvalue weighted by Gasteiger charge is -2.27. The molecule has 0 aromatic heterocycles. The van der Waals surface area contributed by atoms with Gasteiger partial charge in [-0.2, -0.15) is 0 Å². The minimum atomic E-state index is -0.612. The Bertz CT molecular complexity index is 730. The maximum Gasteiger partial charge on any atom is 0.258 e. The SMILES string of the molecule is NC(=O)COc1cccc([C@@H]2NC(=O)c3ccccc3O2)c1. The number of para-hydroxylation sites is 1. The van der Waals surface area contributed by atoms with E-state index in [1.807, 2.05) is 0 Å². The maximum atomic E-state index is 12.1. The molecule has 2 aromatic rings. The number of nitrogens with one attached hydrogen (secondary N) is 1. The summed E-state index contributed by atoms with van der Waals surface area (Å²) in [6, 6.07) is 14.0. The fourth-order valence-corrected chi connectivity index (χ4v) is 2.18. The highest BCUT2D eigenvalue weighted by Gasteiger charge is 2.26. The van der Waals surface area contributed by atoms with Crippen molar-refractivity contribution in [1.82, 2.24) is 5.32 Å². The Hall–Kier alpha value is -3.02. The van der Waals surface area contributed by atoms with Crippen LogP contribution in [0.2, 0.25) is 0 Å². The van der Waals surface area contributed by atoms with Crippen molar-refractivity contribution < 1.29 is 19.1 Å². The second-order valence-corrected chi connectivity index (χ2v) is 4.79. The Kier molecular flexibility index (Phi) is 3.65. The van der Waals surface area contributed by atoms with Crippen molar-refractivity contribution in [3.63, 3.8) is 0 Å². The third kappa shape index (κ3) is 2.85. The van der Waals surface area contributed by atoms with Crippen molar-refractivity contribution in [2.45, 2.75) is 6.23 Å². The number of hydrogen-bond donors (Lipinski definition) is 2. The molecule has 0 spiro atoms. The molecule has 2 aromatic carbocycles. The highest BCUT2D eigenvalue weighted by atomic mass is 16.5. The average Bonchev–Trinajstić information content (AvgIpc) is 2.53. The van der Waals surface area contributed by atoms with E-state index in [-0.39, 0.29) is 12.5 Å². The van der Waals surface area contributed by atoms with Crippen LogP contribution >= 0.6 is 0 Å². The van der Waals surface area contributed by atoms with Gasteiger partial charge in [0, 0.05) is 5.56 Å². The lowest BCUT2D eigenvalue weighted by atomic mass is 10.1. The van der Waals surface area contributed by atoms with E-state index in [0.29, 0.717) is 22.6 Å². The summed E-state index contributed by atoms with van der Waals surface area (Å²) in [5, 5.41) is 2.77. The van der Waals surface area contributed by atoms with Crippen molar-refractivity contribution in [3.8, 4) is 11.5 Å². The number of carbonyl (C=O) groups excluding carboxylic acids is 2. The Morgan fingerprint density at radius 1 is 1.23 bits per heavy atom. The van der Waals surface area contributed by atoms with E-state index in [1.54, 1.807) is 48.5 Å². The molecular weight excluding hydrogens is 284 g/mol. The number of nitrogens with two attached hydrogens (primary N) is 1. The third-order valence-electron chi connectivity index (χ3n) is 3.18. The molecular formula is C16H14N2O4. The second-order valence-electron chi connectivity index (χ2n) is 4.79. The van der Waals surface area contributed by atoms with Gasteiger partial charge >= 0.3 is 0 Å². The summed E-state index contributed by atoms with van der Waals surface area (Å²) in [5.41, 5.74) is 6.26. The maximum absolute atomic E-state index is 12.1. The first-order valence-corrected chi connectivity index (χ1v) is 6.71. The summed E-state index contributed by atoms with van der Waals surface area (Å²) in [5.74, 6) is 0.254. The van der Waals surface area contributed by atoms with E-state index < -0.39 is 12.1 Å². The molecule has 1 atom stereocenters. The summed E-state index contributed by atoms with van der Waals surface area (Å²) < 4.78 is 11.0. The molecule has 0 saturated heterocycles. The van der Waals surface area contributed by atoms with Gasteiger partial charge in [0.05, 0.1) is 5.56 Å². The molecule has 3 rings (SSSR count). The van der Waals surface area contributed by atoms with Gasteiger partial charge in [0.15, 0.2) is 12.8 Å². The summed E-state index contributed by atoms with van der Waals surface area (Å²) >= 11 is 0. The fraction of sp³-hybridized carbons (Fsp3) is 0.125. The van der Waals surface area contributed by atoms with Gasteiger partial charge in [-0.05, 0) is 24.3 Å². The van der Waals surface area contributed by atoms with Gasteiger partial charge in [-0.25, -0.2) is 0 Å². The number of amides is 2. The van der Waals surface area contributed by atoms with Crippen LogP contribution in [0.25, 0.3) is 0 Å². The topological polar surface area (TPSA) is 90.7 Å². The van der Waals surface area contributed by atoms with Crippen LogP contribution in [0, 0.1) is 0 Å². The van der Waals surface area contributed by atoms with Gasteiger partial charge in [-0.3, -0.25) is 9.59 Å². The zero-order chi connectivity index (χ0) is 15.5. The third-order valence-corrected chi connectivity index (χ3v) is 3.18. The largest absolute Gasteiger partial charge is 0.484 e. The second kappa shape index (κ2) is 5.77. The van der Waals surface area contributed by atoms with E-state index in [2.05, 4.69) is 5.32 Å². The molecule has 1 aliphatic rings. The van der Waals surface area contributed by atoms with Gasteiger partial charge in [0.1, 0.15) is 11.5 Å². The zero-order valence-corrected chi connectivity index (χ0v) is 11.6. The molecule has 6 heteroatoms. The molecule has 112 valence electrons. The number of fused-ring (bicyclic) bond motifs is 1. The van der Waals surface area contributed by atoms with Crippen LogP contribution in [-0.2, 0) is 4.79 Å². The van der Waals surface area contributed by atoms with Crippen LogP contribution < -0.4 is 20.5 Å². The number of hydrogen-bond acceptors (Lipinski definition) is 4. The zero-order valence-electron chi connectivity index (χ0n) is 11.6. The first-order chi connectivity index (χ1) is 10.6. The minimum absolute atomic E-state index is 0.199. The lowest BCUT2D eigenvalue weighted by molar-refractivity contribution is -0.119. The molecule has 0 aliphatic carbocycles. The fourth-order valence-electron chi connectivity index (χ4n) is 2.18. The quantitative estimate of drug-likeness (QED) is 0.892. The molecule has 1 heterocycles. The first-order valence-electron chi connectivity index (χ1n) is 6.71. The highest BCUT2D eigenvalue weighted by Crippen LogP contribution is 2.29. The summed E-state index contributed by atoms with van der Waals surface area (Å²) in [6.45, 7) is -0.204. The summed E-state index contributed by atoms with van der Waals surface area (Å²) in [7, 11) is 0. The van der Waals surface area contributed by atoms with Crippen LogP contribution in [-0.4, -0.2) is 18.4 Å². The smallest absolute Gasteiger partial charge is 0.258 e. The van der Waals surface area contributed by atoms with Crippen molar-refractivity contribution in [2.75, 3.05) is 6.61 Å². The average molecular weight is 298 g/mol. The van der Waals surface area contributed by atoms with E-state index in [9.17, 15) is 9.59 Å². The Morgan fingerprint density at radius 2 is 2.05 bits per heavy atom. The highest BCUT2D eigenvalue weighted by molar-refractivity contribution is 5.98. The number of rotatable bonds is 4. The van der Waals surface area contributed by atoms with Crippen molar-refractivity contribution in [3.05, 3.63) is 59.7 Å². The van der Waals surface area contributed by atoms with Gasteiger partial charge in [0.25, 0.3) is 11.8 Å². The van der Waals surface area contributed by atoms with Crippen LogP contribution in [0.15, 0.2) is 48.5 Å². The van der Waals surface area contributed by atoms with Crippen LogP contribution in [0.3, 0.4) is 0 Å². The first kappa shape index (κ1) is 13.9. The normalized spacial score (nSPS) is 16.2. The van der Waals surface area contributed by atoms with Crippen LogP contribution in [0.5, 0.6) is 11.5 Å². The van der Waals surface area contributed by atoms with Crippen molar-refractivity contribution in [1.29, 1.82) is 0 Å². The predicted octanol–water partition coefficient (Wildman–Crippen LogP) is 1.37. The molecule has 0 radical (unpaired) electrons. The van der Waals surface area contributed by atoms with Gasteiger partial charge in [-0.1, -0.05) is 24.3 Å². The van der Waals surface area contributed by atoms with Gasteiger partial charge in [0.2, 0.25) is 0 Å². The summed E-state index contributed by atoms with van der Waals surface area (Å²) in [6.07, 6.45) is -0.612. The van der Waals surface area contributed by atoms with Crippen molar-refractivity contribution >= 4 is 11.8 Å². The molecule has 22 heavy (non-hydrogen) atoms. The Balaban J connectivity index is 1.82. The Morgan fingerprint density at radius 3 is 2.86 bits per heavy atom. The van der Waals surface area contributed by atoms with E-state index in [1.165, 1.54) is 0 Å². The molecule has 0 fully saturated rings. The standard InChI is InChI=1S/C16H14N2O4/c17-14(19)9-21-11-5-3-4-10(8-11)16-18-15(20)12-6-1-2-7-13(12)22-16/h1-8,16H,9H2,(H2,17,19)(H,18,20)/t16-/m1/s1. The van der Waals surface area contributed by atoms with Crippen LogP contribution in [0.1, 0.15) is 22.1 Å². The molecule has 0 bridgehead atoms. The lowest BCUT2D eigenvalue weighted by Crippen LogP contribution is -2.36. The monoisotopic (exact) mass is 298 g/mol. The molecule has 1 aliphatic heterocycles. The molecule has 3 N–H and O–H groups in total. The summed E-state index contributed by atoms with van der Waals surface area (Å²) in [4.78, 5) is 22.8. The Labute approximate surface area is 126 Å². The molecule has 0 saturated carbocycles. The number of primary amides is 1. The molecule has 0 unspecified atom stereocenters. The molecule has 6 nitrogen and oxygen atoms in total. The number of benzene rings is 2. The van der Waals surface area contributed by atoms with E-state index in [4.69, 9.17) is 15.2 Å².